The fraction of sp³-hybridized carbons (Fsp3) is 0.375. The molecule has 1 aromatic carbocycles. The number of aryl methyl sites for hydroxylation is 1. The van der Waals surface area contributed by atoms with E-state index in [-0.39, 0.29) is 17.7 Å². The minimum absolute atomic E-state index is 0.161. The molecule has 0 aliphatic rings. The van der Waals surface area contributed by atoms with E-state index < -0.39 is 12.6 Å². The predicted molar refractivity (Wildman–Crippen MR) is 94.1 cm³/mol. The molecule has 8 nitrogen and oxygen atoms in total. The number of hydrogen-bond donors (Lipinski definition) is 2. The Labute approximate surface area is 149 Å². The fourth-order valence-corrected chi connectivity index (χ4v) is 2.86. The van der Waals surface area contributed by atoms with Crippen LogP contribution in [0.3, 0.4) is 0 Å². The average Bonchev–Trinajstić information content (AvgIpc) is 3.02. The van der Waals surface area contributed by atoms with Gasteiger partial charge < -0.3 is 19.7 Å². The molecule has 0 aliphatic carbocycles. The van der Waals surface area contributed by atoms with E-state index >= 15 is 0 Å². The maximum Gasteiger partial charge on any atom is 0.341 e. The van der Waals surface area contributed by atoms with Gasteiger partial charge in [0.25, 0.3) is 0 Å². The number of benzene rings is 1. The van der Waals surface area contributed by atoms with Gasteiger partial charge in [-0.2, -0.15) is 0 Å². The van der Waals surface area contributed by atoms with Crippen molar-refractivity contribution in [1.82, 2.24) is 14.8 Å². The van der Waals surface area contributed by atoms with Crippen LogP contribution in [-0.4, -0.2) is 44.1 Å². The number of carbonyl (C=O) groups excluding carboxylic acids is 1. The highest BCUT2D eigenvalue weighted by Crippen LogP contribution is 2.23. The van der Waals surface area contributed by atoms with Crippen molar-refractivity contribution in [3.8, 4) is 5.75 Å². The monoisotopic (exact) mass is 364 g/mol. The molecular formula is C16H20N4O4S. The van der Waals surface area contributed by atoms with Gasteiger partial charge in [0.05, 0.1) is 5.75 Å². The quantitative estimate of drug-likeness (QED) is 0.693. The van der Waals surface area contributed by atoms with Crippen molar-refractivity contribution in [2.75, 3.05) is 17.7 Å². The molecule has 1 aromatic heterocycles. The number of carboxylic acids is 1. The first-order valence-electron chi connectivity index (χ1n) is 7.64. The second kappa shape index (κ2) is 8.52. The molecule has 25 heavy (non-hydrogen) atoms. The van der Waals surface area contributed by atoms with Crippen molar-refractivity contribution in [2.24, 2.45) is 0 Å². The first-order chi connectivity index (χ1) is 11.9. The molecule has 134 valence electrons. The van der Waals surface area contributed by atoms with Gasteiger partial charge in [0.2, 0.25) is 5.91 Å². The summed E-state index contributed by atoms with van der Waals surface area (Å²) in [6, 6.07) is 5.21. The molecule has 0 spiro atoms. The molecule has 9 heteroatoms. The van der Waals surface area contributed by atoms with Crippen molar-refractivity contribution in [1.29, 1.82) is 0 Å². The van der Waals surface area contributed by atoms with Gasteiger partial charge in [0.15, 0.2) is 11.8 Å². The van der Waals surface area contributed by atoms with Crippen LogP contribution >= 0.6 is 11.8 Å². The number of amides is 1. The molecule has 0 saturated carbocycles. The summed E-state index contributed by atoms with van der Waals surface area (Å²) in [6.07, 6.45) is 1.64. The van der Waals surface area contributed by atoms with Crippen molar-refractivity contribution in [3.63, 3.8) is 0 Å². The number of carboxylic acid groups (broad SMARTS) is 1. The molecule has 0 bridgehead atoms. The summed E-state index contributed by atoms with van der Waals surface area (Å²) in [6.45, 7) is 5.44. The van der Waals surface area contributed by atoms with Crippen LogP contribution in [0.1, 0.15) is 25.5 Å². The van der Waals surface area contributed by atoms with Crippen molar-refractivity contribution < 1.29 is 19.4 Å². The van der Waals surface area contributed by atoms with Gasteiger partial charge in [0.1, 0.15) is 12.1 Å². The van der Waals surface area contributed by atoms with Gasteiger partial charge in [-0.25, -0.2) is 4.79 Å². The Morgan fingerprint density at radius 3 is 2.80 bits per heavy atom. The van der Waals surface area contributed by atoms with E-state index in [0.29, 0.717) is 16.6 Å². The Bertz CT molecular complexity index is 760. The Morgan fingerprint density at radius 2 is 2.16 bits per heavy atom. The summed E-state index contributed by atoms with van der Waals surface area (Å²) in [5.74, 6) is -0.550. The van der Waals surface area contributed by atoms with E-state index in [4.69, 9.17) is 9.84 Å². The summed E-state index contributed by atoms with van der Waals surface area (Å²) < 4.78 is 7.01. The number of aliphatic carboxylic acids is 1. The zero-order chi connectivity index (χ0) is 18.4. The largest absolute Gasteiger partial charge is 0.482 e. The molecular weight excluding hydrogens is 344 g/mol. The van der Waals surface area contributed by atoms with E-state index in [9.17, 15) is 9.59 Å². The highest BCUT2D eigenvalue weighted by atomic mass is 32.2. The van der Waals surface area contributed by atoms with Crippen LogP contribution < -0.4 is 10.1 Å². The minimum atomic E-state index is -1.04. The third-order valence-corrected chi connectivity index (χ3v) is 4.22. The molecule has 2 aromatic rings. The van der Waals surface area contributed by atoms with Gasteiger partial charge in [-0.15, -0.1) is 10.2 Å². The van der Waals surface area contributed by atoms with E-state index in [0.717, 1.165) is 5.56 Å². The van der Waals surface area contributed by atoms with Crippen molar-refractivity contribution >= 4 is 29.3 Å². The average molecular weight is 364 g/mol. The SMILES string of the molecule is Cc1cc(OCC(=O)O)ccc1NC(=O)CSc1nncn1C(C)C. The van der Waals surface area contributed by atoms with E-state index in [1.54, 1.807) is 24.5 Å². The van der Waals surface area contributed by atoms with Crippen molar-refractivity contribution in [2.45, 2.75) is 32.0 Å². The zero-order valence-electron chi connectivity index (χ0n) is 14.2. The first-order valence-corrected chi connectivity index (χ1v) is 8.62. The highest BCUT2D eigenvalue weighted by Gasteiger charge is 2.12. The maximum absolute atomic E-state index is 12.1. The molecule has 0 unspecified atom stereocenters. The summed E-state index contributed by atoms with van der Waals surface area (Å²) in [4.78, 5) is 22.7. The fourth-order valence-electron chi connectivity index (χ4n) is 2.02. The van der Waals surface area contributed by atoms with Gasteiger partial charge in [0, 0.05) is 11.7 Å². The smallest absolute Gasteiger partial charge is 0.341 e. The van der Waals surface area contributed by atoms with Crippen LogP contribution in [0.5, 0.6) is 5.75 Å². The van der Waals surface area contributed by atoms with Crippen LogP contribution in [0, 0.1) is 6.92 Å². The van der Waals surface area contributed by atoms with E-state index in [1.807, 2.05) is 25.3 Å². The summed E-state index contributed by atoms with van der Waals surface area (Å²) in [5, 5.41) is 20.0. The normalized spacial score (nSPS) is 10.7. The first kappa shape index (κ1) is 18.8. The third kappa shape index (κ3) is 5.49. The number of nitrogens with one attached hydrogen (secondary N) is 1. The molecule has 1 amide bonds. The zero-order valence-corrected chi connectivity index (χ0v) is 15.0. The Hall–Kier alpha value is -2.55. The standard InChI is InChI=1S/C16H20N4O4S/c1-10(2)20-9-17-19-16(20)25-8-14(21)18-13-5-4-12(6-11(13)3)24-7-15(22)23/h4-6,9-10H,7-8H2,1-3H3,(H,18,21)(H,22,23). The molecule has 0 aliphatic heterocycles. The lowest BCUT2D eigenvalue weighted by Gasteiger charge is -2.11. The number of carbonyl (C=O) groups is 2. The van der Waals surface area contributed by atoms with Gasteiger partial charge in [-0.1, -0.05) is 11.8 Å². The summed E-state index contributed by atoms with van der Waals surface area (Å²) >= 11 is 1.32. The Kier molecular flexibility index (Phi) is 6.40. The number of thioether (sulfide) groups is 1. The molecule has 0 saturated heterocycles. The summed E-state index contributed by atoms with van der Waals surface area (Å²) in [7, 11) is 0. The van der Waals surface area contributed by atoms with Crippen LogP contribution in [0.2, 0.25) is 0 Å². The predicted octanol–water partition coefficient (Wildman–Crippen LogP) is 2.36. The molecule has 2 rings (SSSR count). The van der Waals surface area contributed by atoms with E-state index in [1.165, 1.54) is 11.8 Å². The van der Waals surface area contributed by atoms with Crippen molar-refractivity contribution in [3.05, 3.63) is 30.1 Å². The second-order valence-electron chi connectivity index (χ2n) is 5.61. The molecule has 1 heterocycles. The maximum atomic E-state index is 12.1. The van der Waals surface area contributed by atoms with Gasteiger partial charge in [-0.05, 0) is 44.5 Å². The van der Waals surface area contributed by atoms with Gasteiger partial charge >= 0.3 is 5.97 Å². The van der Waals surface area contributed by atoms with Gasteiger partial charge in [-0.3, -0.25) is 4.79 Å². The molecule has 0 fully saturated rings. The minimum Gasteiger partial charge on any atom is -0.482 e. The lowest BCUT2D eigenvalue weighted by Crippen LogP contribution is -2.16. The number of rotatable bonds is 8. The van der Waals surface area contributed by atoms with Crippen LogP contribution in [0.25, 0.3) is 0 Å². The van der Waals surface area contributed by atoms with Crippen LogP contribution in [0.4, 0.5) is 5.69 Å². The number of anilines is 1. The van der Waals surface area contributed by atoms with E-state index in [2.05, 4.69) is 15.5 Å². The Morgan fingerprint density at radius 1 is 1.40 bits per heavy atom. The number of aromatic nitrogens is 3. The number of nitrogens with zero attached hydrogens (tertiary/aromatic N) is 3. The molecule has 0 atom stereocenters. The number of hydrogen-bond acceptors (Lipinski definition) is 6. The highest BCUT2D eigenvalue weighted by molar-refractivity contribution is 7.99. The second-order valence-corrected chi connectivity index (χ2v) is 6.55. The molecule has 2 N–H and O–H groups in total. The lowest BCUT2D eigenvalue weighted by molar-refractivity contribution is -0.139. The third-order valence-electron chi connectivity index (χ3n) is 3.26. The topological polar surface area (TPSA) is 106 Å². The van der Waals surface area contributed by atoms with Crippen LogP contribution in [0.15, 0.2) is 29.7 Å². The van der Waals surface area contributed by atoms with Crippen LogP contribution in [-0.2, 0) is 9.59 Å². The lowest BCUT2D eigenvalue weighted by atomic mass is 10.2. The number of ether oxygens (including phenoxy) is 1. The molecule has 0 radical (unpaired) electrons. The Balaban J connectivity index is 1.91. The summed E-state index contributed by atoms with van der Waals surface area (Å²) in [5.41, 5.74) is 1.44.